The van der Waals surface area contributed by atoms with Crippen molar-refractivity contribution in [2.24, 2.45) is 0 Å². The quantitative estimate of drug-likeness (QED) is 0.936. The Morgan fingerprint density at radius 3 is 2.76 bits per heavy atom. The Bertz CT molecular complexity index is 570. The van der Waals surface area contributed by atoms with Crippen LogP contribution in [0.3, 0.4) is 0 Å². The SMILES string of the molecule is Cc1ccccc1CNC1CCCCN1c1ncccn1. The molecule has 1 aliphatic rings. The van der Waals surface area contributed by atoms with Gasteiger partial charge in [0, 0.05) is 25.5 Å². The number of benzene rings is 1. The van der Waals surface area contributed by atoms with Crippen molar-refractivity contribution >= 4 is 5.95 Å². The van der Waals surface area contributed by atoms with Crippen LogP contribution in [0.5, 0.6) is 0 Å². The van der Waals surface area contributed by atoms with Crippen LogP contribution in [-0.4, -0.2) is 22.7 Å². The Morgan fingerprint density at radius 1 is 1.14 bits per heavy atom. The lowest BCUT2D eigenvalue weighted by Gasteiger charge is -2.36. The van der Waals surface area contributed by atoms with Crippen LogP contribution in [0.4, 0.5) is 5.95 Å². The Kier molecular flexibility index (Phi) is 4.46. The summed E-state index contributed by atoms with van der Waals surface area (Å²) >= 11 is 0. The first-order valence-electron chi connectivity index (χ1n) is 7.66. The lowest BCUT2D eigenvalue weighted by molar-refractivity contribution is 0.388. The maximum absolute atomic E-state index is 4.40. The van der Waals surface area contributed by atoms with Gasteiger partial charge >= 0.3 is 0 Å². The highest BCUT2D eigenvalue weighted by molar-refractivity contribution is 5.31. The summed E-state index contributed by atoms with van der Waals surface area (Å²) in [6.07, 6.45) is 7.56. The van der Waals surface area contributed by atoms with Crippen LogP contribution in [0.2, 0.25) is 0 Å². The smallest absolute Gasteiger partial charge is 0.226 e. The van der Waals surface area contributed by atoms with Gasteiger partial charge in [0.05, 0.1) is 6.17 Å². The van der Waals surface area contributed by atoms with E-state index in [9.17, 15) is 0 Å². The molecule has 1 aliphatic heterocycles. The average molecular weight is 282 g/mol. The van der Waals surface area contributed by atoms with Gasteiger partial charge in [0.25, 0.3) is 0 Å². The Morgan fingerprint density at radius 2 is 1.95 bits per heavy atom. The van der Waals surface area contributed by atoms with Gasteiger partial charge in [-0.2, -0.15) is 0 Å². The van der Waals surface area contributed by atoms with E-state index in [-0.39, 0.29) is 0 Å². The highest BCUT2D eigenvalue weighted by atomic mass is 15.3. The van der Waals surface area contributed by atoms with Crippen molar-refractivity contribution in [3.05, 3.63) is 53.9 Å². The third-order valence-corrected chi connectivity index (χ3v) is 4.10. The topological polar surface area (TPSA) is 41.0 Å². The number of nitrogens with zero attached hydrogens (tertiary/aromatic N) is 3. The van der Waals surface area contributed by atoms with Crippen LogP contribution in [0, 0.1) is 6.92 Å². The minimum atomic E-state index is 0.320. The van der Waals surface area contributed by atoms with Gasteiger partial charge in [0.1, 0.15) is 0 Å². The summed E-state index contributed by atoms with van der Waals surface area (Å²) in [6.45, 7) is 4.08. The zero-order valence-corrected chi connectivity index (χ0v) is 12.5. The molecule has 0 aliphatic carbocycles. The minimum Gasteiger partial charge on any atom is -0.325 e. The van der Waals surface area contributed by atoms with Gasteiger partial charge in [0.15, 0.2) is 0 Å². The molecule has 0 radical (unpaired) electrons. The molecular formula is C17H22N4. The molecule has 0 bridgehead atoms. The van der Waals surface area contributed by atoms with Crippen LogP contribution in [0.25, 0.3) is 0 Å². The van der Waals surface area contributed by atoms with Crippen LogP contribution in [0.15, 0.2) is 42.7 Å². The molecule has 21 heavy (non-hydrogen) atoms. The molecule has 2 heterocycles. The molecule has 1 saturated heterocycles. The lowest BCUT2D eigenvalue weighted by Crippen LogP contribution is -2.49. The molecule has 4 heteroatoms. The maximum Gasteiger partial charge on any atom is 0.226 e. The summed E-state index contributed by atoms with van der Waals surface area (Å²) in [7, 11) is 0. The van der Waals surface area contributed by atoms with Crippen molar-refractivity contribution in [1.29, 1.82) is 0 Å². The van der Waals surface area contributed by atoms with Crippen LogP contribution in [0.1, 0.15) is 30.4 Å². The van der Waals surface area contributed by atoms with Crippen molar-refractivity contribution < 1.29 is 0 Å². The van der Waals surface area contributed by atoms with E-state index in [1.165, 1.54) is 24.0 Å². The van der Waals surface area contributed by atoms with Crippen LogP contribution >= 0.6 is 0 Å². The number of rotatable bonds is 4. The van der Waals surface area contributed by atoms with Crippen molar-refractivity contribution in [3.8, 4) is 0 Å². The number of hydrogen-bond donors (Lipinski definition) is 1. The molecule has 1 unspecified atom stereocenters. The normalized spacial score (nSPS) is 18.7. The number of aromatic nitrogens is 2. The summed E-state index contributed by atoms with van der Waals surface area (Å²) in [5.74, 6) is 0.833. The van der Waals surface area contributed by atoms with Crippen molar-refractivity contribution in [2.45, 2.75) is 38.9 Å². The van der Waals surface area contributed by atoms with Gasteiger partial charge in [-0.25, -0.2) is 9.97 Å². The number of hydrogen-bond acceptors (Lipinski definition) is 4. The van der Waals surface area contributed by atoms with E-state index in [0.717, 1.165) is 25.5 Å². The molecule has 4 nitrogen and oxygen atoms in total. The van der Waals surface area contributed by atoms with Gasteiger partial charge in [0.2, 0.25) is 5.95 Å². The predicted molar refractivity (Wildman–Crippen MR) is 85.0 cm³/mol. The largest absolute Gasteiger partial charge is 0.325 e. The summed E-state index contributed by atoms with van der Waals surface area (Å²) in [5, 5.41) is 3.67. The van der Waals surface area contributed by atoms with Crippen molar-refractivity contribution in [2.75, 3.05) is 11.4 Å². The first-order chi connectivity index (χ1) is 10.3. The number of piperidine rings is 1. The number of aryl methyl sites for hydroxylation is 1. The lowest BCUT2D eigenvalue weighted by atomic mass is 10.1. The zero-order valence-electron chi connectivity index (χ0n) is 12.5. The molecule has 110 valence electrons. The Balaban J connectivity index is 1.69. The number of nitrogens with one attached hydrogen (secondary N) is 1. The molecule has 1 atom stereocenters. The van der Waals surface area contributed by atoms with Crippen LogP contribution < -0.4 is 10.2 Å². The van der Waals surface area contributed by atoms with Gasteiger partial charge in [-0.05, 0) is 43.4 Å². The molecular weight excluding hydrogens is 260 g/mol. The highest BCUT2D eigenvalue weighted by Crippen LogP contribution is 2.20. The molecule has 1 fully saturated rings. The van der Waals surface area contributed by atoms with Gasteiger partial charge in [-0.15, -0.1) is 0 Å². The van der Waals surface area contributed by atoms with E-state index < -0.39 is 0 Å². The van der Waals surface area contributed by atoms with Crippen LogP contribution in [-0.2, 0) is 6.54 Å². The average Bonchev–Trinajstić information content (AvgIpc) is 2.55. The molecule has 1 aromatic carbocycles. The third-order valence-electron chi connectivity index (χ3n) is 4.10. The maximum atomic E-state index is 4.40. The molecule has 3 rings (SSSR count). The van der Waals surface area contributed by atoms with Crippen molar-refractivity contribution in [1.82, 2.24) is 15.3 Å². The summed E-state index contributed by atoms with van der Waals surface area (Å²) in [4.78, 5) is 11.1. The fourth-order valence-electron chi connectivity index (χ4n) is 2.86. The second-order valence-electron chi connectivity index (χ2n) is 5.56. The molecule has 1 N–H and O–H groups in total. The standard InChI is InChI=1S/C17H22N4/c1-14-7-2-3-8-15(14)13-20-16-9-4-5-12-21(16)17-18-10-6-11-19-17/h2-3,6-8,10-11,16,20H,4-5,9,12-13H2,1H3. The monoisotopic (exact) mass is 282 g/mol. The molecule has 0 saturated carbocycles. The second-order valence-corrected chi connectivity index (χ2v) is 5.56. The van der Waals surface area contributed by atoms with E-state index in [2.05, 4.69) is 51.4 Å². The van der Waals surface area contributed by atoms with Crippen molar-refractivity contribution in [3.63, 3.8) is 0 Å². The third kappa shape index (κ3) is 3.39. The summed E-state index contributed by atoms with van der Waals surface area (Å²) in [5.41, 5.74) is 2.69. The van der Waals surface area contributed by atoms with Gasteiger partial charge in [-0.3, -0.25) is 5.32 Å². The molecule has 0 spiro atoms. The fraction of sp³-hybridized carbons (Fsp3) is 0.412. The summed E-state index contributed by atoms with van der Waals surface area (Å²) in [6, 6.07) is 10.4. The minimum absolute atomic E-state index is 0.320. The van der Waals surface area contributed by atoms with E-state index in [1.54, 1.807) is 0 Å². The predicted octanol–water partition coefficient (Wildman–Crippen LogP) is 2.89. The second kappa shape index (κ2) is 6.68. The Labute approximate surface area is 126 Å². The van der Waals surface area contributed by atoms with E-state index in [0.29, 0.717) is 6.17 Å². The van der Waals surface area contributed by atoms with Gasteiger partial charge in [-0.1, -0.05) is 24.3 Å². The fourth-order valence-corrected chi connectivity index (χ4v) is 2.86. The highest BCUT2D eigenvalue weighted by Gasteiger charge is 2.23. The molecule has 2 aromatic rings. The zero-order chi connectivity index (χ0) is 14.5. The molecule has 0 amide bonds. The first kappa shape index (κ1) is 14.0. The molecule has 1 aromatic heterocycles. The Hall–Kier alpha value is -1.94. The first-order valence-corrected chi connectivity index (χ1v) is 7.66. The summed E-state index contributed by atoms with van der Waals surface area (Å²) < 4.78 is 0. The van der Waals surface area contributed by atoms with E-state index >= 15 is 0 Å². The number of anilines is 1. The van der Waals surface area contributed by atoms with Gasteiger partial charge < -0.3 is 4.90 Å². The van der Waals surface area contributed by atoms with E-state index in [4.69, 9.17) is 0 Å². The van der Waals surface area contributed by atoms with E-state index in [1.807, 2.05) is 18.5 Å².